The molecule has 16 heavy (non-hydrogen) atoms. The van der Waals surface area contributed by atoms with E-state index in [0.717, 1.165) is 12.0 Å². The van der Waals surface area contributed by atoms with Crippen LogP contribution in [0.5, 0.6) is 0 Å². The fourth-order valence-corrected chi connectivity index (χ4v) is 1.97. The number of likely N-dealkylation sites (tertiary alicyclic amines) is 1. The van der Waals surface area contributed by atoms with Gasteiger partial charge >= 0.3 is 5.97 Å². The number of aryl methyl sites for hydroxylation is 1. The summed E-state index contributed by atoms with van der Waals surface area (Å²) < 4.78 is 0. The van der Waals surface area contributed by atoms with Crippen LogP contribution in [-0.4, -0.2) is 44.7 Å². The predicted molar refractivity (Wildman–Crippen MR) is 55.0 cm³/mol. The Balaban J connectivity index is 2.22. The van der Waals surface area contributed by atoms with Crippen molar-refractivity contribution in [3.63, 3.8) is 0 Å². The van der Waals surface area contributed by atoms with E-state index in [9.17, 15) is 9.59 Å². The second-order valence-electron chi connectivity index (χ2n) is 3.92. The van der Waals surface area contributed by atoms with Crippen LogP contribution in [0.2, 0.25) is 0 Å². The summed E-state index contributed by atoms with van der Waals surface area (Å²) in [5.74, 6) is -1.22. The zero-order valence-corrected chi connectivity index (χ0v) is 8.93. The monoisotopic (exact) mass is 223 g/mol. The molecule has 1 fully saturated rings. The molecule has 0 saturated carbocycles. The van der Waals surface area contributed by atoms with Crippen molar-refractivity contribution in [2.75, 3.05) is 6.54 Å². The number of nitrogens with zero attached hydrogens (tertiary/aromatic N) is 2. The van der Waals surface area contributed by atoms with Crippen molar-refractivity contribution in [2.24, 2.45) is 0 Å². The lowest BCUT2D eigenvalue weighted by molar-refractivity contribution is -0.141. The maximum Gasteiger partial charge on any atom is 0.326 e. The molecule has 2 rings (SSSR count). The minimum absolute atomic E-state index is 0.278. The van der Waals surface area contributed by atoms with E-state index in [-0.39, 0.29) is 5.91 Å². The maximum atomic E-state index is 12.0. The van der Waals surface area contributed by atoms with E-state index < -0.39 is 12.0 Å². The highest BCUT2D eigenvalue weighted by Crippen LogP contribution is 2.20. The number of rotatable bonds is 2. The summed E-state index contributed by atoms with van der Waals surface area (Å²) >= 11 is 0. The van der Waals surface area contributed by atoms with Crippen molar-refractivity contribution in [3.05, 3.63) is 17.5 Å². The number of aromatic amines is 1. The lowest BCUT2D eigenvalue weighted by Gasteiger charge is -2.20. The van der Waals surface area contributed by atoms with Crippen molar-refractivity contribution in [1.82, 2.24) is 15.1 Å². The Hall–Kier alpha value is -1.85. The number of carbonyl (C=O) groups excluding carboxylic acids is 1. The van der Waals surface area contributed by atoms with Crippen LogP contribution in [0.4, 0.5) is 0 Å². The maximum absolute atomic E-state index is 12.0. The SMILES string of the molecule is Cc1cn[nH]c1C(=O)N1CCC[C@H]1C(=O)O. The predicted octanol–water partition coefficient (Wildman–Crippen LogP) is 0.407. The van der Waals surface area contributed by atoms with Crippen LogP contribution >= 0.6 is 0 Å². The number of aromatic nitrogens is 2. The molecule has 1 saturated heterocycles. The van der Waals surface area contributed by atoms with Crippen molar-refractivity contribution in [3.8, 4) is 0 Å². The van der Waals surface area contributed by atoms with Gasteiger partial charge in [0.1, 0.15) is 11.7 Å². The van der Waals surface area contributed by atoms with E-state index in [4.69, 9.17) is 5.11 Å². The topological polar surface area (TPSA) is 86.3 Å². The molecule has 1 aliphatic rings. The Morgan fingerprint density at radius 1 is 1.62 bits per heavy atom. The summed E-state index contributed by atoms with van der Waals surface area (Å²) in [6.45, 7) is 2.26. The molecule has 1 aromatic rings. The van der Waals surface area contributed by atoms with Crippen LogP contribution in [0.1, 0.15) is 28.9 Å². The Morgan fingerprint density at radius 2 is 2.38 bits per heavy atom. The smallest absolute Gasteiger partial charge is 0.326 e. The van der Waals surface area contributed by atoms with Crippen molar-refractivity contribution in [2.45, 2.75) is 25.8 Å². The number of aliphatic carboxylic acids is 1. The van der Waals surface area contributed by atoms with E-state index in [2.05, 4.69) is 10.2 Å². The van der Waals surface area contributed by atoms with Crippen molar-refractivity contribution >= 4 is 11.9 Å². The average molecular weight is 223 g/mol. The number of amides is 1. The molecule has 1 amide bonds. The number of H-pyrrole nitrogens is 1. The first kappa shape index (κ1) is 10.7. The number of carboxylic acids is 1. The number of carboxylic acid groups (broad SMARTS) is 1. The molecular weight excluding hydrogens is 210 g/mol. The van der Waals surface area contributed by atoms with Gasteiger partial charge in [0.05, 0.1) is 6.20 Å². The van der Waals surface area contributed by atoms with E-state index in [0.29, 0.717) is 18.7 Å². The van der Waals surface area contributed by atoms with E-state index >= 15 is 0 Å². The zero-order chi connectivity index (χ0) is 11.7. The van der Waals surface area contributed by atoms with Gasteiger partial charge in [-0.2, -0.15) is 5.10 Å². The van der Waals surface area contributed by atoms with Gasteiger partial charge in [0, 0.05) is 6.54 Å². The second kappa shape index (κ2) is 3.96. The van der Waals surface area contributed by atoms with Gasteiger partial charge in [-0.05, 0) is 25.3 Å². The van der Waals surface area contributed by atoms with Crippen LogP contribution < -0.4 is 0 Å². The lowest BCUT2D eigenvalue weighted by atomic mass is 10.2. The van der Waals surface area contributed by atoms with Crippen molar-refractivity contribution in [1.29, 1.82) is 0 Å². The van der Waals surface area contributed by atoms with E-state index in [1.807, 2.05) is 0 Å². The first-order chi connectivity index (χ1) is 7.61. The lowest BCUT2D eigenvalue weighted by Crippen LogP contribution is -2.40. The molecule has 6 heteroatoms. The van der Waals surface area contributed by atoms with Crippen molar-refractivity contribution < 1.29 is 14.7 Å². The average Bonchev–Trinajstić information content (AvgIpc) is 2.84. The Morgan fingerprint density at radius 3 is 2.94 bits per heavy atom. The molecule has 86 valence electrons. The molecule has 1 aliphatic heterocycles. The number of nitrogens with one attached hydrogen (secondary N) is 1. The summed E-state index contributed by atoms with van der Waals surface area (Å²) in [6.07, 6.45) is 2.81. The third kappa shape index (κ3) is 1.66. The van der Waals surface area contributed by atoms with Crippen LogP contribution in [0.3, 0.4) is 0 Å². The minimum Gasteiger partial charge on any atom is -0.480 e. The fraction of sp³-hybridized carbons (Fsp3) is 0.500. The molecule has 0 bridgehead atoms. The normalized spacial score (nSPS) is 20.1. The molecular formula is C10H13N3O3. The van der Waals surface area contributed by atoms with Crippen LogP contribution in [0.25, 0.3) is 0 Å². The third-order valence-electron chi connectivity index (χ3n) is 2.84. The Kier molecular flexibility index (Phi) is 2.64. The molecule has 0 aliphatic carbocycles. The zero-order valence-electron chi connectivity index (χ0n) is 8.93. The fourth-order valence-electron chi connectivity index (χ4n) is 1.97. The van der Waals surface area contributed by atoms with Gasteiger partial charge in [-0.25, -0.2) is 4.79 Å². The van der Waals surface area contributed by atoms with Gasteiger partial charge in [0.2, 0.25) is 0 Å². The molecule has 1 aromatic heterocycles. The van der Waals surface area contributed by atoms with Crippen LogP contribution in [-0.2, 0) is 4.79 Å². The van der Waals surface area contributed by atoms with Gasteiger partial charge in [-0.1, -0.05) is 0 Å². The first-order valence-corrected chi connectivity index (χ1v) is 5.15. The standard InChI is InChI=1S/C10H13N3O3/c1-6-5-11-12-8(6)9(14)13-4-2-3-7(13)10(15)16/h5,7H,2-4H2,1H3,(H,11,12)(H,15,16)/t7-/m0/s1. The summed E-state index contributed by atoms with van der Waals surface area (Å²) in [5, 5.41) is 15.4. The number of hydrogen-bond acceptors (Lipinski definition) is 3. The number of hydrogen-bond donors (Lipinski definition) is 2. The molecule has 0 radical (unpaired) electrons. The summed E-state index contributed by atoms with van der Waals surface area (Å²) in [5.41, 5.74) is 1.12. The Bertz CT molecular complexity index is 427. The first-order valence-electron chi connectivity index (χ1n) is 5.15. The minimum atomic E-state index is -0.942. The van der Waals surface area contributed by atoms with Crippen LogP contribution in [0, 0.1) is 6.92 Å². The van der Waals surface area contributed by atoms with Gasteiger partial charge in [0.15, 0.2) is 0 Å². The van der Waals surface area contributed by atoms with Gasteiger partial charge in [-0.15, -0.1) is 0 Å². The molecule has 2 heterocycles. The van der Waals surface area contributed by atoms with Gasteiger partial charge < -0.3 is 10.0 Å². The highest BCUT2D eigenvalue weighted by Gasteiger charge is 2.35. The summed E-state index contributed by atoms with van der Waals surface area (Å²) in [4.78, 5) is 24.4. The third-order valence-corrected chi connectivity index (χ3v) is 2.84. The summed E-state index contributed by atoms with van der Waals surface area (Å²) in [6, 6.07) is -0.699. The molecule has 0 aromatic carbocycles. The molecule has 1 atom stereocenters. The quantitative estimate of drug-likeness (QED) is 0.760. The highest BCUT2D eigenvalue weighted by molar-refractivity contribution is 5.96. The second-order valence-corrected chi connectivity index (χ2v) is 3.92. The molecule has 2 N–H and O–H groups in total. The summed E-state index contributed by atoms with van der Waals surface area (Å²) in [7, 11) is 0. The van der Waals surface area contributed by atoms with Gasteiger partial charge in [-0.3, -0.25) is 9.89 Å². The highest BCUT2D eigenvalue weighted by atomic mass is 16.4. The molecule has 0 spiro atoms. The van der Waals surface area contributed by atoms with Gasteiger partial charge in [0.25, 0.3) is 5.91 Å². The Labute approximate surface area is 92.3 Å². The molecule has 0 unspecified atom stereocenters. The number of carbonyl (C=O) groups is 2. The van der Waals surface area contributed by atoms with Crippen LogP contribution in [0.15, 0.2) is 6.20 Å². The van der Waals surface area contributed by atoms with E-state index in [1.54, 1.807) is 13.1 Å². The van der Waals surface area contributed by atoms with E-state index in [1.165, 1.54) is 4.90 Å². The largest absolute Gasteiger partial charge is 0.480 e. The molecule has 6 nitrogen and oxygen atoms in total.